The molecule has 0 N–H and O–H groups in total. The van der Waals surface area contributed by atoms with Crippen LogP contribution in [0.15, 0.2) is 49.1 Å². The molecule has 33 heavy (non-hydrogen) atoms. The van der Waals surface area contributed by atoms with Gasteiger partial charge in [-0.3, -0.25) is 9.48 Å². The smallest absolute Gasteiger partial charge is 0.169 e. The van der Waals surface area contributed by atoms with E-state index in [9.17, 15) is 14.4 Å². The molecule has 5 rings (SSSR count). The number of carbonyl (C=O) groups excluding carboxylic acids is 1. The van der Waals surface area contributed by atoms with Crippen LogP contribution in [-0.4, -0.2) is 32.1 Å². The third-order valence-electron chi connectivity index (χ3n) is 6.00. The minimum atomic E-state index is -0.600. The summed E-state index contributed by atoms with van der Waals surface area (Å²) in [7, 11) is 1.36. The number of rotatable bonds is 8. The standard InChI is InChI=1S/C25H22FN5O2/c1-33-23-8-4-17(10-27)21(25(23)26)6-7-22(32)19-11-28-31(13-19)15-20-14-30-12-18(16-2-3-16)5-9-24(30)29-20/h4-5,8-9,11-14,16H,2-3,6-7,15H2,1H3. The Labute approximate surface area is 190 Å². The van der Waals surface area contributed by atoms with Crippen LogP contribution in [0, 0.1) is 17.1 Å². The van der Waals surface area contributed by atoms with E-state index < -0.39 is 5.82 Å². The predicted molar refractivity (Wildman–Crippen MR) is 119 cm³/mol. The van der Waals surface area contributed by atoms with Crippen molar-refractivity contribution in [3.05, 3.63) is 82.8 Å². The van der Waals surface area contributed by atoms with Gasteiger partial charge in [0.1, 0.15) is 5.65 Å². The molecule has 0 aliphatic heterocycles. The monoisotopic (exact) mass is 443 g/mol. The van der Waals surface area contributed by atoms with Crippen molar-refractivity contribution in [3.63, 3.8) is 0 Å². The first-order valence-electron chi connectivity index (χ1n) is 10.8. The van der Waals surface area contributed by atoms with Crippen molar-refractivity contribution in [1.82, 2.24) is 19.2 Å². The number of carbonyl (C=O) groups is 1. The molecule has 1 saturated carbocycles. The summed E-state index contributed by atoms with van der Waals surface area (Å²) in [4.78, 5) is 17.3. The first-order chi connectivity index (χ1) is 16.1. The third-order valence-corrected chi connectivity index (χ3v) is 6.00. The van der Waals surface area contributed by atoms with Gasteiger partial charge in [0.25, 0.3) is 0 Å². The minimum absolute atomic E-state index is 0.0565. The molecule has 0 atom stereocenters. The first kappa shape index (κ1) is 20.9. The van der Waals surface area contributed by atoms with Gasteiger partial charge < -0.3 is 9.14 Å². The number of nitriles is 1. The molecule has 0 unspecified atom stereocenters. The lowest BCUT2D eigenvalue weighted by atomic mass is 9.99. The molecule has 4 aromatic rings. The van der Waals surface area contributed by atoms with E-state index in [1.165, 1.54) is 43.8 Å². The van der Waals surface area contributed by atoms with Crippen LogP contribution in [0.25, 0.3) is 5.65 Å². The summed E-state index contributed by atoms with van der Waals surface area (Å²) >= 11 is 0. The number of imidazole rings is 1. The molecule has 8 heteroatoms. The Hall–Kier alpha value is -3.99. The molecule has 7 nitrogen and oxygen atoms in total. The second-order valence-electron chi connectivity index (χ2n) is 8.30. The number of aromatic nitrogens is 4. The number of ketones is 1. The van der Waals surface area contributed by atoms with E-state index in [0.29, 0.717) is 18.0 Å². The van der Waals surface area contributed by atoms with Gasteiger partial charge in [0, 0.05) is 30.6 Å². The largest absolute Gasteiger partial charge is 0.494 e. The van der Waals surface area contributed by atoms with Crippen LogP contribution in [0.5, 0.6) is 5.75 Å². The van der Waals surface area contributed by atoms with Crippen molar-refractivity contribution in [3.8, 4) is 11.8 Å². The van der Waals surface area contributed by atoms with E-state index in [1.807, 2.05) is 22.7 Å². The Morgan fingerprint density at radius 2 is 2.09 bits per heavy atom. The fourth-order valence-electron chi connectivity index (χ4n) is 4.05. The summed E-state index contributed by atoms with van der Waals surface area (Å²) in [6.45, 7) is 0.441. The van der Waals surface area contributed by atoms with Gasteiger partial charge in [0.2, 0.25) is 0 Å². The molecular weight excluding hydrogens is 421 g/mol. The van der Waals surface area contributed by atoms with Crippen molar-refractivity contribution in [2.45, 2.75) is 38.1 Å². The lowest BCUT2D eigenvalue weighted by Gasteiger charge is -2.08. The fourth-order valence-corrected chi connectivity index (χ4v) is 4.05. The molecule has 1 aliphatic carbocycles. The molecular formula is C25H22FN5O2. The van der Waals surface area contributed by atoms with Crippen LogP contribution in [0.3, 0.4) is 0 Å². The molecule has 166 valence electrons. The van der Waals surface area contributed by atoms with Gasteiger partial charge in [0.15, 0.2) is 17.3 Å². The molecule has 3 aromatic heterocycles. The summed E-state index contributed by atoms with van der Waals surface area (Å²) in [5.41, 5.74) is 3.90. The summed E-state index contributed by atoms with van der Waals surface area (Å²) in [5.74, 6) is -0.0382. The van der Waals surface area contributed by atoms with Gasteiger partial charge in [-0.15, -0.1) is 0 Å². The molecule has 1 fully saturated rings. The van der Waals surface area contributed by atoms with Crippen LogP contribution < -0.4 is 4.74 Å². The first-order valence-corrected chi connectivity index (χ1v) is 10.8. The molecule has 0 spiro atoms. The number of nitrogens with zero attached hydrogens (tertiary/aromatic N) is 5. The number of fused-ring (bicyclic) bond motifs is 1. The van der Waals surface area contributed by atoms with E-state index in [-0.39, 0.29) is 35.5 Å². The van der Waals surface area contributed by atoms with E-state index in [4.69, 9.17) is 4.74 Å². The highest BCUT2D eigenvalue weighted by Crippen LogP contribution is 2.39. The van der Waals surface area contributed by atoms with Crippen molar-refractivity contribution in [2.24, 2.45) is 0 Å². The van der Waals surface area contributed by atoms with E-state index in [2.05, 4.69) is 22.3 Å². The van der Waals surface area contributed by atoms with Crippen molar-refractivity contribution in [2.75, 3.05) is 7.11 Å². The SMILES string of the molecule is COc1ccc(C#N)c(CCC(=O)c2cnn(Cc3cn4cc(C5CC5)ccc4n3)c2)c1F. The van der Waals surface area contributed by atoms with Crippen LogP contribution in [0.1, 0.15) is 57.9 Å². The second-order valence-corrected chi connectivity index (χ2v) is 8.30. The van der Waals surface area contributed by atoms with Gasteiger partial charge in [-0.25, -0.2) is 9.37 Å². The maximum Gasteiger partial charge on any atom is 0.169 e. The highest BCUT2D eigenvalue weighted by molar-refractivity contribution is 5.95. The van der Waals surface area contributed by atoms with Crippen LogP contribution in [-0.2, 0) is 13.0 Å². The molecule has 0 saturated heterocycles. The Morgan fingerprint density at radius 1 is 1.24 bits per heavy atom. The van der Waals surface area contributed by atoms with Gasteiger partial charge in [-0.05, 0) is 48.9 Å². The van der Waals surface area contributed by atoms with Crippen LogP contribution in [0.2, 0.25) is 0 Å². The zero-order chi connectivity index (χ0) is 22.9. The molecule has 0 amide bonds. The number of pyridine rings is 1. The number of ether oxygens (including phenoxy) is 1. The summed E-state index contributed by atoms with van der Waals surface area (Å²) in [6, 6.07) is 9.05. The van der Waals surface area contributed by atoms with Crippen LogP contribution in [0.4, 0.5) is 4.39 Å². The van der Waals surface area contributed by atoms with Gasteiger partial charge >= 0.3 is 0 Å². The Morgan fingerprint density at radius 3 is 2.85 bits per heavy atom. The Balaban J connectivity index is 1.27. The Kier molecular flexibility index (Phi) is 5.38. The predicted octanol–water partition coefficient (Wildman–Crippen LogP) is 4.29. The highest BCUT2D eigenvalue weighted by Gasteiger charge is 2.24. The summed E-state index contributed by atoms with van der Waals surface area (Å²) < 4.78 is 23.3. The van der Waals surface area contributed by atoms with E-state index in [1.54, 1.807) is 10.9 Å². The fraction of sp³-hybridized carbons (Fsp3) is 0.280. The van der Waals surface area contributed by atoms with E-state index in [0.717, 1.165) is 11.3 Å². The number of methoxy groups -OCH3 is 1. The van der Waals surface area contributed by atoms with Gasteiger partial charge in [0.05, 0.1) is 42.7 Å². The zero-order valence-corrected chi connectivity index (χ0v) is 18.2. The quantitative estimate of drug-likeness (QED) is 0.379. The molecule has 1 aromatic carbocycles. The molecule has 0 bridgehead atoms. The van der Waals surface area contributed by atoms with Crippen molar-refractivity contribution in [1.29, 1.82) is 5.26 Å². The normalized spacial score (nSPS) is 13.2. The minimum Gasteiger partial charge on any atom is -0.494 e. The molecule has 1 aliphatic rings. The maximum atomic E-state index is 14.6. The topological polar surface area (TPSA) is 85.2 Å². The average Bonchev–Trinajstić information content (AvgIpc) is 3.44. The average molecular weight is 443 g/mol. The summed E-state index contributed by atoms with van der Waals surface area (Å²) in [6.07, 6.45) is 9.97. The second kappa shape index (κ2) is 8.51. The number of hydrogen-bond acceptors (Lipinski definition) is 5. The highest BCUT2D eigenvalue weighted by atomic mass is 19.1. The maximum absolute atomic E-state index is 14.6. The molecule has 3 heterocycles. The zero-order valence-electron chi connectivity index (χ0n) is 18.2. The Bertz CT molecular complexity index is 1390. The number of halogens is 1. The number of benzene rings is 1. The number of hydrogen-bond donors (Lipinski definition) is 0. The summed E-state index contributed by atoms with van der Waals surface area (Å²) in [5, 5.41) is 13.6. The lowest BCUT2D eigenvalue weighted by Crippen LogP contribution is -2.05. The van der Waals surface area contributed by atoms with Crippen molar-refractivity contribution >= 4 is 11.4 Å². The van der Waals surface area contributed by atoms with Crippen molar-refractivity contribution < 1.29 is 13.9 Å². The van der Waals surface area contributed by atoms with Crippen LogP contribution >= 0.6 is 0 Å². The van der Waals surface area contributed by atoms with Gasteiger partial charge in [-0.1, -0.05) is 6.07 Å². The van der Waals surface area contributed by atoms with Gasteiger partial charge in [-0.2, -0.15) is 10.4 Å². The number of Topliss-reactive ketones (excluding diaryl/α,β-unsaturated/α-hetero) is 1. The van der Waals surface area contributed by atoms with E-state index >= 15 is 0 Å². The molecule has 0 radical (unpaired) electrons. The lowest BCUT2D eigenvalue weighted by molar-refractivity contribution is 0.0982. The third kappa shape index (κ3) is 4.22.